The molecule has 0 N–H and O–H groups in total. The number of para-hydroxylation sites is 3. The van der Waals surface area contributed by atoms with E-state index in [1.54, 1.807) is 0 Å². The second-order valence-electron chi connectivity index (χ2n) is 15.3. The van der Waals surface area contributed by atoms with Crippen molar-refractivity contribution in [1.29, 1.82) is 0 Å². The molecule has 3 heterocycles. The molecule has 0 unspecified atom stereocenters. The van der Waals surface area contributed by atoms with Gasteiger partial charge in [-0.25, -0.2) is 9.97 Å². The van der Waals surface area contributed by atoms with Crippen molar-refractivity contribution in [3.8, 4) is 22.8 Å². The summed E-state index contributed by atoms with van der Waals surface area (Å²) in [4.78, 5) is 11.0. The summed E-state index contributed by atoms with van der Waals surface area (Å²) in [5.74, 6) is 0.810. The predicted octanol–water partition coefficient (Wildman–Crippen LogP) is 14.1. The van der Waals surface area contributed by atoms with Crippen LogP contribution in [-0.4, -0.2) is 19.1 Å². The van der Waals surface area contributed by atoms with Gasteiger partial charge in [-0.3, -0.25) is 4.57 Å². The number of benzene rings is 10. The van der Waals surface area contributed by atoms with E-state index in [0.29, 0.717) is 0 Å². The van der Waals surface area contributed by atoms with E-state index < -0.39 is 0 Å². The van der Waals surface area contributed by atoms with Crippen molar-refractivity contribution in [1.82, 2.24) is 19.1 Å². The van der Waals surface area contributed by atoms with Crippen molar-refractivity contribution >= 4 is 97.7 Å². The van der Waals surface area contributed by atoms with Gasteiger partial charge in [-0.2, -0.15) is 0 Å². The smallest absolute Gasteiger partial charge is 0.165 e. The van der Waals surface area contributed by atoms with E-state index in [0.717, 1.165) is 50.2 Å². The third-order valence-electron chi connectivity index (χ3n) is 12.2. The highest BCUT2D eigenvalue weighted by atomic mass is 15.1. The van der Waals surface area contributed by atoms with Gasteiger partial charge in [0.1, 0.15) is 5.69 Å². The first-order valence-electron chi connectivity index (χ1n) is 19.8. The van der Waals surface area contributed by atoms with E-state index in [9.17, 15) is 0 Å². The van der Waals surface area contributed by atoms with Gasteiger partial charge in [0.2, 0.25) is 0 Å². The lowest BCUT2D eigenvalue weighted by Crippen LogP contribution is -2.04. The van der Waals surface area contributed by atoms with Crippen molar-refractivity contribution in [2.45, 2.75) is 0 Å². The van der Waals surface area contributed by atoms with Gasteiger partial charge in [0.25, 0.3) is 0 Å². The first kappa shape index (κ1) is 31.4. The van der Waals surface area contributed by atoms with E-state index in [2.05, 4.69) is 191 Å². The van der Waals surface area contributed by atoms with Gasteiger partial charge in [-0.05, 0) is 86.2 Å². The Morgan fingerprint density at radius 1 is 0.328 bits per heavy atom. The third kappa shape index (κ3) is 4.34. The number of fused-ring (bicyclic) bond motifs is 14. The monoisotopic (exact) mass is 736 g/mol. The highest BCUT2D eigenvalue weighted by Gasteiger charge is 2.23. The molecule has 4 nitrogen and oxygen atoms in total. The maximum absolute atomic E-state index is 5.54. The Balaban J connectivity index is 1.18. The summed E-state index contributed by atoms with van der Waals surface area (Å²) in [6.07, 6.45) is 0. The van der Waals surface area contributed by atoms with Gasteiger partial charge in [-0.15, -0.1) is 0 Å². The van der Waals surface area contributed by atoms with E-state index in [-0.39, 0.29) is 0 Å². The minimum Gasteiger partial charge on any atom is -0.309 e. The quantitative estimate of drug-likeness (QED) is 0.169. The van der Waals surface area contributed by atoms with E-state index in [1.165, 1.54) is 70.3 Å². The van der Waals surface area contributed by atoms with Crippen LogP contribution in [0.15, 0.2) is 194 Å². The minimum atomic E-state index is 0.810. The van der Waals surface area contributed by atoms with Crippen LogP contribution in [0.5, 0.6) is 0 Å². The molecular formula is C54H32N4. The summed E-state index contributed by atoms with van der Waals surface area (Å²) >= 11 is 0. The summed E-state index contributed by atoms with van der Waals surface area (Å²) in [5, 5.41) is 14.5. The summed E-state index contributed by atoms with van der Waals surface area (Å²) in [5.41, 5.74) is 9.34. The number of hydrogen-bond donors (Lipinski definition) is 0. The molecule has 0 atom stereocenters. The van der Waals surface area contributed by atoms with E-state index in [4.69, 9.17) is 9.97 Å². The molecule has 0 amide bonds. The van der Waals surface area contributed by atoms with E-state index >= 15 is 0 Å². The lowest BCUT2D eigenvalue weighted by atomic mass is 9.95. The number of nitrogens with zero attached hydrogens (tertiary/aromatic N) is 4. The summed E-state index contributed by atoms with van der Waals surface area (Å²) in [6, 6.07) is 70.2. The summed E-state index contributed by atoms with van der Waals surface area (Å²) < 4.78 is 4.82. The number of aromatic nitrogens is 4. The molecule has 0 aliphatic carbocycles. The fourth-order valence-electron chi connectivity index (χ4n) is 9.72. The molecule has 0 aliphatic rings. The van der Waals surface area contributed by atoms with Crippen LogP contribution in [0.3, 0.4) is 0 Å². The highest BCUT2D eigenvalue weighted by Crippen LogP contribution is 2.43. The molecular weight excluding hydrogens is 705 g/mol. The first-order chi connectivity index (χ1) is 28.8. The summed E-state index contributed by atoms with van der Waals surface area (Å²) in [6.45, 7) is 0. The van der Waals surface area contributed by atoms with Crippen LogP contribution in [0.4, 0.5) is 0 Å². The zero-order chi connectivity index (χ0) is 37.9. The minimum absolute atomic E-state index is 0.810. The van der Waals surface area contributed by atoms with Gasteiger partial charge < -0.3 is 4.57 Å². The average Bonchev–Trinajstić information content (AvgIpc) is 3.81. The zero-order valence-electron chi connectivity index (χ0n) is 31.3. The molecule has 0 radical (unpaired) electrons. The Bertz CT molecular complexity index is 3870. The zero-order valence-corrected chi connectivity index (χ0v) is 31.3. The maximum atomic E-state index is 5.54. The Morgan fingerprint density at radius 2 is 0.914 bits per heavy atom. The second-order valence-corrected chi connectivity index (χ2v) is 15.3. The van der Waals surface area contributed by atoms with Crippen LogP contribution < -0.4 is 0 Å². The Morgan fingerprint density at radius 3 is 1.74 bits per heavy atom. The number of rotatable bonds is 3. The highest BCUT2D eigenvalue weighted by molar-refractivity contribution is 6.23. The van der Waals surface area contributed by atoms with Crippen molar-refractivity contribution in [2.24, 2.45) is 0 Å². The van der Waals surface area contributed by atoms with Crippen LogP contribution >= 0.6 is 0 Å². The molecule has 58 heavy (non-hydrogen) atoms. The van der Waals surface area contributed by atoms with Crippen LogP contribution in [0.2, 0.25) is 0 Å². The van der Waals surface area contributed by atoms with Crippen LogP contribution in [0.1, 0.15) is 0 Å². The van der Waals surface area contributed by atoms with Crippen LogP contribution in [-0.2, 0) is 0 Å². The molecule has 0 spiro atoms. The van der Waals surface area contributed by atoms with Crippen molar-refractivity contribution in [3.05, 3.63) is 194 Å². The Kier molecular flexibility index (Phi) is 6.41. The second kappa shape index (κ2) is 11.8. The largest absolute Gasteiger partial charge is 0.309 e. The lowest BCUT2D eigenvalue weighted by molar-refractivity contribution is 1.08. The molecule has 0 aliphatic heterocycles. The molecule has 0 fully saturated rings. The Hall–Kier alpha value is -7.82. The maximum Gasteiger partial charge on any atom is 0.165 e. The molecule has 0 saturated heterocycles. The first-order valence-corrected chi connectivity index (χ1v) is 19.8. The topological polar surface area (TPSA) is 35.6 Å². The number of hydrogen-bond acceptors (Lipinski definition) is 2. The van der Waals surface area contributed by atoms with Crippen molar-refractivity contribution in [3.63, 3.8) is 0 Å². The Labute approximate surface area is 332 Å². The third-order valence-corrected chi connectivity index (χ3v) is 12.2. The van der Waals surface area contributed by atoms with Crippen LogP contribution in [0.25, 0.3) is 120 Å². The normalized spacial score (nSPS) is 12.1. The molecule has 13 aromatic rings. The van der Waals surface area contributed by atoms with Crippen molar-refractivity contribution < 1.29 is 0 Å². The molecule has 3 aromatic heterocycles. The van der Waals surface area contributed by atoms with Gasteiger partial charge in [0.05, 0.1) is 33.1 Å². The molecule has 0 bridgehead atoms. The molecule has 4 heteroatoms. The van der Waals surface area contributed by atoms with Gasteiger partial charge in [-0.1, -0.05) is 146 Å². The van der Waals surface area contributed by atoms with Gasteiger partial charge in [0, 0.05) is 38.2 Å². The molecule has 13 rings (SSSR count). The molecule has 268 valence electrons. The predicted molar refractivity (Wildman–Crippen MR) is 244 cm³/mol. The average molecular weight is 737 g/mol. The molecule has 0 saturated carbocycles. The summed E-state index contributed by atoms with van der Waals surface area (Å²) in [7, 11) is 0. The van der Waals surface area contributed by atoms with Crippen LogP contribution in [0, 0.1) is 0 Å². The lowest BCUT2D eigenvalue weighted by Gasteiger charge is -2.16. The van der Waals surface area contributed by atoms with Gasteiger partial charge in [0.15, 0.2) is 5.82 Å². The molecule has 10 aromatic carbocycles. The van der Waals surface area contributed by atoms with Gasteiger partial charge >= 0.3 is 0 Å². The fourth-order valence-corrected chi connectivity index (χ4v) is 9.72. The fraction of sp³-hybridized carbons (Fsp3) is 0. The van der Waals surface area contributed by atoms with E-state index in [1.807, 2.05) is 12.1 Å². The SMILES string of the molecule is c1ccc2c(c1)cc(-c1nc3ccccc3nc1-n1c3ccc(-n4c5ccccc5c5ccc6ccccc6c54)cc3c3c4ccccc4ccc31)c1ccccc12. The van der Waals surface area contributed by atoms with Crippen molar-refractivity contribution in [2.75, 3.05) is 0 Å². The standard InChI is InChI=1S/C54H32N4/c1-5-17-38-33(13-1)26-29-50-51(38)45-32-36(57-48-24-12-9-21-42(48)43-28-25-34-14-2-6-18-39(34)53(43)57)27-30-49(45)58(50)54-52(55-46-22-10-11-23-47(46)56-54)44-31-35-15-3-4-16-37(35)40-19-7-8-20-41(40)44/h1-32H.